The fourth-order valence-corrected chi connectivity index (χ4v) is 5.29. The van der Waals surface area contributed by atoms with Gasteiger partial charge in [-0.1, -0.05) is 6.07 Å². The van der Waals surface area contributed by atoms with Gasteiger partial charge < -0.3 is 9.84 Å². The molecule has 4 saturated carbocycles. The van der Waals surface area contributed by atoms with Crippen LogP contribution in [0.15, 0.2) is 18.2 Å². The van der Waals surface area contributed by atoms with Crippen molar-refractivity contribution < 1.29 is 14.2 Å². The highest BCUT2D eigenvalue weighted by Gasteiger charge is 2.57. The predicted octanol–water partition coefficient (Wildman–Crippen LogP) is 3.48. The van der Waals surface area contributed by atoms with Crippen molar-refractivity contribution in [3.05, 3.63) is 29.6 Å². The summed E-state index contributed by atoms with van der Waals surface area (Å²) in [4.78, 5) is 0. The van der Waals surface area contributed by atoms with E-state index in [2.05, 4.69) is 0 Å². The van der Waals surface area contributed by atoms with Crippen LogP contribution in [-0.4, -0.2) is 12.2 Å². The lowest BCUT2D eigenvalue weighted by Gasteiger charge is -2.59. The largest absolute Gasteiger partial charge is 0.494 e. The Morgan fingerprint density at radius 3 is 2.20 bits per heavy atom. The van der Waals surface area contributed by atoms with Crippen molar-refractivity contribution in [2.45, 2.75) is 37.7 Å². The topological polar surface area (TPSA) is 29.5 Å². The van der Waals surface area contributed by atoms with E-state index in [0.717, 1.165) is 43.1 Å². The summed E-state index contributed by atoms with van der Waals surface area (Å²) in [5.41, 5.74) is -0.0647. The van der Waals surface area contributed by atoms with Gasteiger partial charge in [0.1, 0.15) is 0 Å². The van der Waals surface area contributed by atoms with E-state index in [1.807, 2.05) is 6.07 Å². The third kappa shape index (κ3) is 1.59. The normalized spacial score (nSPS) is 42.0. The lowest BCUT2D eigenvalue weighted by Crippen LogP contribution is -2.55. The first-order valence-corrected chi connectivity index (χ1v) is 7.67. The second kappa shape index (κ2) is 4.20. The van der Waals surface area contributed by atoms with Crippen molar-refractivity contribution in [1.82, 2.24) is 0 Å². The summed E-state index contributed by atoms with van der Waals surface area (Å²) >= 11 is 0. The summed E-state index contributed by atoms with van der Waals surface area (Å²) in [5, 5.41) is 11.3. The van der Waals surface area contributed by atoms with Crippen molar-refractivity contribution >= 4 is 0 Å². The monoisotopic (exact) mass is 276 g/mol. The van der Waals surface area contributed by atoms with E-state index < -0.39 is 5.60 Å². The van der Waals surface area contributed by atoms with E-state index in [4.69, 9.17) is 4.74 Å². The molecule has 108 valence electrons. The lowest BCUT2D eigenvalue weighted by atomic mass is 9.48. The van der Waals surface area contributed by atoms with Gasteiger partial charge >= 0.3 is 0 Å². The number of benzene rings is 1. The molecule has 0 radical (unpaired) electrons. The van der Waals surface area contributed by atoms with Gasteiger partial charge in [-0.15, -0.1) is 0 Å². The second-order valence-electron chi connectivity index (χ2n) is 6.98. The minimum atomic E-state index is -0.819. The van der Waals surface area contributed by atoms with Crippen molar-refractivity contribution in [2.75, 3.05) is 7.11 Å². The van der Waals surface area contributed by atoms with E-state index >= 15 is 0 Å². The molecule has 20 heavy (non-hydrogen) atoms. The molecule has 1 aromatic rings. The fourth-order valence-electron chi connectivity index (χ4n) is 5.29. The third-order valence-corrected chi connectivity index (χ3v) is 6.00. The van der Waals surface area contributed by atoms with Crippen molar-refractivity contribution in [3.63, 3.8) is 0 Å². The zero-order valence-corrected chi connectivity index (χ0v) is 11.8. The number of hydrogen-bond acceptors (Lipinski definition) is 2. The van der Waals surface area contributed by atoms with Crippen molar-refractivity contribution in [1.29, 1.82) is 0 Å². The first-order valence-electron chi connectivity index (χ1n) is 7.67. The first-order chi connectivity index (χ1) is 9.61. The minimum Gasteiger partial charge on any atom is -0.494 e. The zero-order chi connectivity index (χ0) is 13.9. The molecule has 3 heteroatoms. The van der Waals surface area contributed by atoms with Crippen LogP contribution in [0.1, 0.15) is 37.7 Å². The molecule has 4 bridgehead atoms. The highest BCUT2D eigenvalue weighted by atomic mass is 19.1. The summed E-state index contributed by atoms with van der Waals surface area (Å²) < 4.78 is 19.0. The van der Waals surface area contributed by atoms with Crippen LogP contribution in [-0.2, 0) is 5.60 Å². The molecule has 1 N–H and O–H groups in total. The smallest absolute Gasteiger partial charge is 0.165 e. The molecule has 4 fully saturated rings. The number of halogens is 1. The van der Waals surface area contributed by atoms with Crippen molar-refractivity contribution in [3.8, 4) is 5.75 Å². The van der Waals surface area contributed by atoms with Crippen LogP contribution in [0.25, 0.3) is 0 Å². The molecular weight excluding hydrogens is 255 g/mol. The average Bonchev–Trinajstić information content (AvgIpc) is 2.43. The van der Waals surface area contributed by atoms with E-state index in [0.29, 0.717) is 11.8 Å². The molecule has 0 atom stereocenters. The fraction of sp³-hybridized carbons (Fsp3) is 0.647. The molecular formula is C17H21FO2. The Morgan fingerprint density at radius 1 is 1.10 bits per heavy atom. The Hall–Kier alpha value is -1.09. The van der Waals surface area contributed by atoms with Gasteiger partial charge in [-0.2, -0.15) is 0 Å². The van der Waals surface area contributed by atoms with Gasteiger partial charge in [-0.05, 0) is 73.5 Å². The summed E-state index contributed by atoms with van der Waals surface area (Å²) in [7, 11) is 1.47. The van der Waals surface area contributed by atoms with Gasteiger partial charge in [0.2, 0.25) is 0 Å². The summed E-state index contributed by atoms with van der Waals surface area (Å²) in [6, 6.07) is 4.99. The van der Waals surface area contributed by atoms with Crippen LogP contribution in [0.4, 0.5) is 4.39 Å². The van der Waals surface area contributed by atoms with Gasteiger partial charge in [-0.25, -0.2) is 4.39 Å². The van der Waals surface area contributed by atoms with Crippen LogP contribution < -0.4 is 4.74 Å². The minimum absolute atomic E-state index is 0.251. The Labute approximate surface area is 119 Å². The van der Waals surface area contributed by atoms with Gasteiger partial charge in [0.15, 0.2) is 11.6 Å². The van der Waals surface area contributed by atoms with Crippen LogP contribution >= 0.6 is 0 Å². The van der Waals surface area contributed by atoms with Gasteiger partial charge in [0.25, 0.3) is 0 Å². The standard InChI is InChI=1S/C17H21FO2/c1-20-16-3-2-12(9-15(16)18)17(19)13-5-10-4-11(7-13)8-14(17)6-10/h2-3,9-11,13-14,19H,4-8H2,1H3. The maximum Gasteiger partial charge on any atom is 0.165 e. The average molecular weight is 276 g/mol. The number of methoxy groups -OCH3 is 1. The molecule has 0 unspecified atom stereocenters. The summed E-state index contributed by atoms with van der Waals surface area (Å²) in [6.45, 7) is 0. The highest BCUT2D eigenvalue weighted by Crippen LogP contribution is 2.61. The molecule has 0 amide bonds. The SMILES string of the molecule is COc1ccc(C2(O)C3CC4CC(C3)CC2C4)cc1F. The Kier molecular flexibility index (Phi) is 2.65. The van der Waals surface area contributed by atoms with Crippen molar-refractivity contribution in [2.24, 2.45) is 23.7 Å². The Morgan fingerprint density at radius 2 is 1.70 bits per heavy atom. The molecule has 5 rings (SSSR count). The van der Waals surface area contributed by atoms with Crippen LogP contribution in [0.5, 0.6) is 5.75 Å². The maximum atomic E-state index is 14.0. The molecule has 0 saturated heterocycles. The number of rotatable bonds is 2. The molecule has 2 nitrogen and oxygen atoms in total. The number of ether oxygens (including phenoxy) is 1. The number of hydrogen-bond donors (Lipinski definition) is 1. The first kappa shape index (κ1) is 12.6. The third-order valence-electron chi connectivity index (χ3n) is 6.00. The molecule has 4 aliphatic rings. The summed E-state index contributed by atoms with van der Waals surface area (Å²) in [6.07, 6.45) is 5.78. The molecule has 0 spiro atoms. The second-order valence-corrected chi connectivity index (χ2v) is 6.98. The van der Waals surface area contributed by atoms with Crippen LogP contribution in [0.2, 0.25) is 0 Å². The molecule has 0 heterocycles. The van der Waals surface area contributed by atoms with Gasteiger partial charge in [-0.3, -0.25) is 0 Å². The Bertz CT molecular complexity index is 512. The highest BCUT2D eigenvalue weighted by molar-refractivity contribution is 5.35. The molecule has 1 aromatic carbocycles. The van der Waals surface area contributed by atoms with E-state index in [-0.39, 0.29) is 11.6 Å². The Balaban J connectivity index is 1.75. The molecule has 4 aliphatic carbocycles. The zero-order valence-electron chi connectivity index (χ0n) is 11.8. The molecule has 0 aromatic heterocycles. The van der Waals surface area contributed by atoms with Gasteiger partial charge in [0, 0.05) is 0 Å². The lowest BCUT2D eigenvalue weighted by molar-refractivity contribution is -0.179. The predicted molar refractivity (Wildman–Crippen MR) is 73.9 cm³/mol. The van der Waals surface area contributed by atoms with E-state index in [1.165, 1.54) is 19.6 Å². The van der Waals surface area contributed by atoms with E-state index in [9.17, 15) is 9.50 Å². The summed E-state index contributed by atoms with van der Waals surface area (Å²) in [5.74, 6) is 2.09. The van der Waals surface area contributed by atoms with E-state index in [1.54, 1.807) is 6.07 Å². The van der Waals surface area contributed by atoms with Gasteiger partial charge in [0.05, 0.1) is 12.7 Å². The van der Waals surface area contributed by atoms with Crippen LogP contribution in [0.3, 0.4) is 0 Å². The quantitative estimate of drug-likeness (QED) is 0.896. The molecule has 0 aliphatic heterocycles. The van der Waals surface area contributed by atoms with Crippen LogP contribution in [0, 0.1) is 29.5 Å². The maximum absolute atomic E-state index is 14.0. The number of aliphatic hydroxyl groups is 1.